The fourth-order valence-electron chi connectivity index (χ4n) is 1.97. The molecule has 1 amide bonds. The van der Waals surface area contributed by atoms with Crippen LogP contribution in [0, 0.1) is 0 Å². The number of benzene rings is 1. The number of fused-ring (bicyclic) bond motifs is 1. The molecular weight excluding hydrogens is 244 g/mol. The van der Waals surface area contributed by atoms with E-state index in [1.54, 1.807) is 12.1 Å². The first kappa shape index (κ1) is 13.1. The molecule has 1 unspecified atom stereocenters. The van der Waals surface area contributed by atoms with E-state index < -0.39 is 5.97 Å². The summed E-state index contributed by atoms with van der Waals surface area (Å²) in [7, 11) is 0. The smallest absolute Gasteiger partial charge is 0.305 e. The van der Waals surface area contributed by atoms with Crippen molar-refractivity contribution >= 4 is 22.8 Å². The van der Waals surface area contributed by atoms with Crippen molar-refractivity contribution in [2.24, 2.45) is 0 Å². The summed E-state index contributed by atoms with van der Waals surface area (Å²) >= 11 is 0. The molecule has 3 N–H and O–H groups in total. The van der Waals surface area contributed by atoms with Crippen LogP contribution >= 0.6 is 0 Å². The number of carboxylic acids is 1. The summed E-state index contributed by atoms with van der Waals surface area (Å²) in [6.07, 6.45) is 2.33. The Labute approximate surface area is 110 Å². The van der Waals surface area contributed by atoms with Gasteiger partial charge >= 0.3 is 5.97 Å². The van der Waals surface area contributed by atoms with Crippen LogP contribution in [0.15, 0.2) is 30.5 Å². The summed E-state index contributed by atoms with van der Waals surface area (Å²) in [4.78, 5) is 25.8. The van der Waals surface area contributed by atoms with Crippen LogP contribution in [0.25, 0.3) is 10.9 Å². The average Bonchev–Trinajstić information content (AvgIpc) is 2.84. The van der Waals surface area contributed by atoms with Gasteiger partial charge in [-0.15, -0.1) is 0 Å². The van der Waals surface area contributed by atoms with Gasteiger partial charge in [-0.3, -0.25) is 9.59 Å². The predicted octanol–water partition coefficient (Wildman–Crippen LogP) is 2.15. The monoisotopic (exact) mass is 260 g/mol. The molecule has 1 heterocycles. The molecule has 19 heavy (non-hydrogen) atoms. The second kappa shape index (κ2) is 5.56. The maximum absolute atomic E-state index is 12.0. The number of aromatic nitrogens is 1. The molecule has 0 spiro atoms. The lowest BCUT2D eigenvalue weighted by atomic mass is 10.1. The second-order valence-electron chi connectivity index (χ2n) is 4.46. The summed E-state index contributed by atoms with van der Waals surface area (Å²) in [6.45, 7) is 1.85. The molecule has 2 rings (SSSR count). The van der Waals surface area contributed by atoms with Gasteiger partial charge in [0, 0.05) is 23.3 Å². The van der Waals surface area contributed by atoms with Gasteiger partial charge in [-0.2, -0.15) is 0 Å². The lowest BCUT2D eigenvalue weighted by molar-refractivity contribution is -0.137. The van der Waals surface area contributed by atoms with Crippen LogP contribution < -0.4 is 5.32 Å². The average molecular weight is 260 g/mol. The summed E-state index contributed by atoms with van der Waals surface area (Å²) in [5, 5.41) is 12.5. The third kappa shape index (κ3) is 3.13. The number of rotatable bonds is 5. The molecule has 5 heteroatoms. The second-order valence-corrected chi connectivity index (χ2v) is 4.46. The normalized spacial score (nSPS) is 12.3. The maximum atomic E-state index is 12.0. The van der Waals surface area contributed by atoms with Gasteiger partial charge in [0.25, 0.3) is 5.91 Å². The standard InChI is InChI=1S/C14H16N2O3/c1-2-11(8-13(17)18)16-14(19)10-4-3-9-5-6-15-12(9)7-10/h3-7,11,15H,2,8H2,1H3,(H,16,19)(H,17,18). The van der Waals surface area contributed by atoms with Gasteiger partial charge in [0.2, 0.25) is 0 Å². The van der Waals surface area contributed by atoms with E-state index in [1.807, 2.05) is 25.3 Å². The molecule has 0 bridgehead atoms. The third-order valence-electron chi connectivity index (χ3n) is 3.07. The van der Waals surface area contributed by atoms with E-state index in [4.69, 9.17) is 5.11 Å². The van der Waals surface area contributed by atoms with Crippen molar-refractivity contribution in [1.29, 1.82) is 0 Å². The number of hydrogen-bond donors (Lipinski definition) is 3. The van der Waals surface area contributed by atoms with E-state index in [9.17, 15) is 9.59 Å². The Hall–Kier alpha value is -2.30. The number of aromatic amines is 1. The Balaban J connectivity index is 2.11. The van der Waals surface area contributed by atoms with Gasteiger partial charge in [-0.25, -0.2) is 0 Å². The number of carbonyl (C=O) groups is 2. The maximum Gasteiger partial charge on any atom is 0.305 e. The molecule has 0 fully saturated rings. The van der Waals surface area contributed by atoms with Crippen molar-refractivity contribution in [1.82, 2.24) is 10.3 Å². The van der Waals surface area contributed by atoms with Gasteiger partial charge in [-0.1, -0.05) is 13.0 Å². The molecule has 0 saturated heterocycles. The minimum absolute atomic E-state index is 0.0625. The number of aliphatic carboxylic acids is 1. The lowest BCUT2D eigenvalue weighted by Gasteiger charge is -2.14. The first-order valence-corrected chi connectivity index (χ1v) is 6.20. The highest BCUT2D eigenvalue weighted by Crippen LogP contribution is 2.14. The van der Waals surface area contributed by atoms with Crippen molar-refractivity contribution in [2.75, 3.05) is 0 Å². The van der Waals surface area contributed by atoms with Crippen LogP contribution in [-0.2, 0) is 4.79 Å². The molecule has 0 saturated carbocycles. The predicted molar refractivity (Wildman–Crippen MR) is 72.1 cm³/mol. The number of nitrogens with one attached hydrogen (secondary N) is 2. The van der Waals surface area contributed by atoms with Crippen molar-refractivity contribution in [3.05, 3.63) is 36.0 Å². The Bertz CT molecular complexity index is 604. The molecule has 1 atom stereocenters. The first-order valence-electron chi connectivity index (χ1n) is 6.20. The quantitative estimate of drug-likeness (QED) is 0.770. The van der Waals surface area contributed by atoms with Crippen molar-refractivity contribution in [3.8, 4) is 0 Å². The van der Waals surface area contributed by atoms with Gasteiger partial charge in [0.05, 0.1) is 6.42 Å². The van der Waals surface area contributed by atoms with E-state index >= 15 is 0 Å². The number of carbonyl (C=O) groups excluding carboxylic acids is 1. The fourth-order valence-corrected chi connectivity index (χ4v) is 1.97. The first-order chi connectivity index (χ1) is 9.10. The number of carboxylic acid groups (broad SMARTS) is 1. The Kier molecular flexibility index (Phi) is 3.85. The highest BCUT2D eigenvalue weighted by Gasteiger charge is 2.15. The van der Waals surface area contributed by atoms with E-state index in [2.05, 4.69) is 10.3 Å². The molecule has 1 aromatic heterocycles. The van der Waals surface area contributed by atoms with Crippen LogP contribution in [0.1, 0.15) is 30.1 Å². The Morgan fingerprint density at radius 1 is 1.37 bits per heavy atom. The van der Waals surface area contributed by atoms with E-state index in [-0.39, 0.29) is 18.4 Å². The molecular formula is C14H16N2O3. The minimum Gasteiger partial charge on any atom is -0.481 e. The van der Waals surface area contributed by atoms with Crippen LogP contribution in [0.3, 0.4) is 0 Å². The van der Waals surface area contributed by atoms with Crippen molar-refractivity contribution < 1.29 is 14.7 Å². The fraction of sp³-hybridized carbons (Fsp3) is 0.286. The molecule has 5 nitrogen and oxygen atoms in total. The highest BCUT2D eigenvalue weighted by molar-refractivity contribution is 5.98. The zero-order chi connectivity index (χ0) is 13.8. The van der Waals surface area contributed by atoms with E-state index in [1.165, 1.54) is 0 Å². The summed E-state index contributed by atoms with van der Waals surface area (Å²) in [6, 6.07) is 6.94. The molecule has 1 aromatic carbocycles. The molecule has 0 aliphatic rings. The zero-order valence-electron chi connectivity index (χ0n) is 10.6. The summed E-state index contributed by atoms with van der Waals surface area (Å²) in [5.41, 5.74) is 1.41. The van der Waals surface area contributed by atoms with Crippen LogP contribution in [0.2, 0.25) is 0 Å². The van der Waals surface area contributed by atoms with Crippen LogP contribution in [0.5, 0.6) is 0 Å². The van der Waals surface area contributed by atoms with Crippen LogP contribution in [0.4, 0.5) is 0 Å². The molecule has 100 valence electrons. The minimum atomic E-state index is -0.910. The Morgan fingerprint density at radius 2 is 2.16 bits per heavy atom. The van der Waals surface area contributed by atoms with Crippen molar-refractivity contribution in [3.63, 3.8) is 0 Å². The molecule has 0 radical (unpaired) electrons. The van der Waals surface area contributed by atoms with Crippen LogP contribution in [-0.4, -0.2) is 28.0 Å². The SMILES string of the molecule is CCC(CC(=O)O)NC(=O)c1ccc2cc[nH]c2c1. The number of amides is 1. The lowest BCUT2D eigenvalue weighted by Crippen LogP contribution is -2.36. The summed E-state index contributed by atoms with van der Waals surface area (Å²) in [5.74, 6) is -1.16. The zero-order valence-corrected chi connectivity index (χ0v) is 10.6. The molecule has 2 aromatic rings. The van der Waals surface area contributed by atoms with Crippen molar-refractivity contribution in [2.45, 2.75) is 25.8 Å². The van der Waals surface area contributed by atoms with Gasteiger partial charge in [-0.05, 0) is 30.0 Å². The molecule has 0 aliphatic carbocycles. The number of H-pyrrole nitrogens is 1. The number of hydrogen-bond acceptors (Lipinski definition) is 2. The van der Waals surface area contributed by atoms with E-state index in [0.29, 0.717) is 12.0 Å². The largest absolute Gasteiger partial charge is 0.481 e. The van der Waals surface area contributed by atoms with Gasteiger partial charge in [0.15, 0.2) is 0 Å². The highest BCUT2D eigenvalue weighted by atomic mass is 16.4. The van der Waals surface area contributed by atoms with E-state index in [0.717, 1.165) is 10.9 Å². The van der Waals surface area contributed by atoms with Gasteiger partial charge < -0.3 is 15.4 Å². The Morgan fingerprint density at radius 3 is 2.84 bits per heavy atom. The van der Waals surface area contributed by atoms with Gasteiger partial charge in [0.1, 0.15) is 0 Å². The molecule has 0 aliphatic heterocycles. The summed E-state index contributed by atoms with van der Waals surface area (Å²) < 4.78 is 0. The topological polar surface area (TPSA) is 82.2 Å². The third-order valence-corrected chi connectivity index (χ3v) is 3.07.